The Balaban J connectivity index is 1.80. The number of amides is 1. The van der Waals surface area contributed by atoms with Gasteiger partial charge in [-0.15, -0.1) is 0 Å². The molecule has 1 fully saturated rings. The van der Waals surface area contributed by atoms with Gasteiger partial charge in [0.2, 0.25) is 5.91 Å². The molecule has 2 aromatic carbocycles. The summed E-state index contributed by atoms with van der Waals surface area (Å²) in [7, 11) is 1.93. The van der Waals surface area contributed by atoms with Crippen LogP contribution < -0.4 is 5.32 Å². The third-order valence-corrected chi connectivity index (χ3v) is 4.35. The molecule has 3 nitrogen and oxygen atoms in total. The fourth-order valence-corrected chi connectivity index (χ4v) is 2.83. The number of nitrogens with zero attached hydrogens (tertiary/aromatic N) is 1. The van der Waals surface area contributed by atoms with E-state index >= 15 is 0 Å². The third-order valence-electron chi connectivity index (χ3n) is 4.35. The van der Waals surface area contributed by atoms with Gasteiger partial charge in [0.1, 0.15) is 11.9 Å². The van der Waals surface area contributed by atoms with Crippen molar-refractivity contribution in [1.82, 2.24) is 10.2 Å². The lowest BCUT2D eigenvalue weighted by Crippen LogP contribution is -2.39. The molecule has 24 heavy (non-hydrogen) atoms. The number of rotatable bonds is 6. The molecule has 1 aliphatic rings. The van der Waals surface area contributed by atoms with Crippen molar-refractivity contribution in [1.29, 1.82) is 0 Å². The molecule has 1 amide bonds. The number of likely N-dealkylation sites (N-methyl/N-ethyl adjacent to an activating group) is 1. The first-order chi connectivity index (χ1) is 11.5. The highest BCUT2D eigenvalue weighted by molar-refractivity contribution is 5.83. The fourth-order valence-electron chi connectivity index (χ4n) is 2.83. The van der Waals surface area contributed by atoms with Crippen molar-refractivity contribution in [2.24, 2.45) is 0 Å². The highest BCUT2D eigenvalue weighted by Crippen LogP contribution is 2.25. The predicted octanol–water partition coefficient (Wildman–Crippen LogP) is 3.59. The lowest BCUT2D eigenvalue weighted by molar-refractivity contribution is -0.126. The normalized spacial score (nSPS) is 15.3. The molecule has 2 aromatic rings. The molecule has 0 heterocycles. The highest BCUT2D eigenvalue weighted by atomic mass is 19.1. The largest absolute Gasteiger partial charge is 0.352 e. The Morgan fingerprint density at radius 3 is 2.38 bits per heavy atom. The number of halogens is 1. The van der Waals surface area contributed by atoms with Gasteiger partial charge in [0, 0.05) is 12.6 Å². The molecule has 0 saturated heterocycles. The van der Waals surface area contributed by atoms with Crippen LogP contribution >= 0.6 is 0 Å². The van der Waals surface area contributed by atoms with Crippen molar-refractivity contribution in [2.45, 2.75) is 38.4 Å². The van der Waals surface area contributed by atoms with Gasteiger partial charge in [0.15, 0.2) is 0 Å². The van der Waals surface area contributed by atoms with E-state index in [1.807, 2.05) is 11.9 Å². The maximum Gasteiger partial charge on any atom is 0.242 e. The Hall–Kier alpha value is -2.20. The average molecular weight is 326 g/mol. The van der Waals surface area contributed by atoms with E-state index in [4.69, 9.17) is 0 Å². The van der Waals surface area contributed by atoms with Crippen LogP contribution in [0, 0.1) is 12.7 Å². The first-order valence-corrected chi connectivity index (χ1v) is 8.34. The summed E-state index contributed by atoms with van der Waals surface area (Å²) in [6.45, 7) is 2.71. The predicted molar refractivity (Wildman–Crippen MR) is 93.0 cm³/mol. The second kappa shape index (κ2) is 7.14. The van der Waals surface area contributed by atoms with E-state index in [0.29, 0.717) is 12.6 Å². The topological polar surface area (TPSA) is 32.3 Å². The van der Waals surface area contributed by atoms with Crippen molar-refractivity contribution in [3.63, 3.8) is 0 Å². The van der Waals surface area contributed by atoms with Gasteiger partial charge in [0.25, 0.3) is 0 Å². The number of carbonyl (C=O) groups excluding carboxylic acids is 1. The first-order valence-electron chi connectivity index (χ1n) is 8.34. The van der Waals surface area contributed by atoms with E-state index in [9.17, 15) is 9.18 Å². The van der Waals surface area contributed by atoms with E-state index in [1.165, 1.54) is 17.7 Å². The summed E-state index contributed by atoms with van der Waals surface area (Å²) in [6.07, 6.45) is 2.09. The number of aryl methyl sites for hydroxylation is 1. The van der Waals surface area contributed by atoms with Crippen LogP contribution in [-0.2, 0) is 11.3 Å². The van der Waals surface area contributed by atoms with Crippen molar-refractivity contribution in [2.75, 3.05) is 7.05 Å². The van der Waals surface area contributed by atoms with Gasteiger partial charge in [-0.3, -0.25) is 9.69 Å². The fraction of sp³-hybridized carbons (Fsp3) is 0.350. The van der Waals surface area contributed by atoms with E-state index in [-0.39, 0.29) is 11.7 Å². The summed E-state index contributed by atoms with van der Waals surface area (Å²) < 4.78 is 13.2. The molecule has 1 aliphatic carbocycles. The van der Waals surface area contributed by atoms with Crippen LogP contribution in [0.4, 0.5) is 4.39 Å². The molecular weight excluding hydrogens is 303 g/mol. The van der Waals surface area contributed by atoms with Crippen molar-refractivity contribution in [3.05, 3.63) is 71.0 Å². The van der Waals surface area contributed by atoms with E-state index in [1.54, 1.807) is 12.1 Å². The van der Waals surface area contributed by atoms with E-state index < -0.39 is 6.04 Å². The molecule has 0 aliphatic heterocycles. The number of hydrogen-bond acceptors (Lipinski definition) is 2. The second-order valence-corrected chi connectivity index (χ2v) is 6.64. The van der Waals surface area contributed by atoms with Gasteiger partial charge in [-0.1, -0.05) is 42.0 Å². The van der Waals surface area contributed by atoms with E-state index in [0.717, 1.165) is 24.0 Å². The summed E-state index contributed by atoms with van der Waals surface area (Å²) in [4.78, 5) is 14.7. The summed E-state index contributed by atoms with van der Waals surface area (Å²) in [5, 5.41) is 3.07. The Morgan fingerprint density at radius 1 is 1.17 bits per heavy atom. The first kappa shape index (κ1) is 16.7. The number of benzene rings is 2. The molecule has 126 valence electrons. The molecule has 3 rings (SSSR count). The molecule has 0 unspecified atom stereocenters. The highest BCUT2D eigenvalue weighted by Gasteiger charge is 2.30. The lowest BCUT2D eigenvalue weighted by atomic mass is 10.0. The summed E-state index contributed by atoms with van der Waals surface area (Å²) in [5.74, 6) is -0.306. The maximum atomic E-state index is 13.2. The molecule has 0 spiro atoms. The van der Waals surface area contributed by atoms with Crippen molar-refractivity contribution < 1.29 is 9.18 Å². The molecule has 0 aromatic heterocycles. The number of nitrogens with one attached hydrogen (secondary N) is 1. The van der Waals surface area contributed by atoms with Crippen molar-refractivity contribution in [3.8, 4) is 0 Å². The molecule has 1 N–H and O–H groups in total. The molecule has 4 heteroatoms. The Kier molecular flexibility index (Phi) is 4.95. The third kappa shape index (κ3) is 4.20. The summed E-state index contributed by atoms with van der Waals surface area (Å²) in [6, 6.07) is 14.4. The molecular formula is C20H23FN2O. The smallest absolute Gasteiger partial charge is 0.242 e. The quantitative estimate of drug-likeness (QED) is 0.880. The summed E-state index contributed by atoms with van der Waals surface area (Å²) >= 11 is 0. The van der Waals surface area contributed by atoms with Gasteiger partial charge in [0.05, 0.1) is 0 Å². The lowest BCUT2D eigenvalue weighted by Gasteiger charge is -2.28. The monoisotopic (exact) mass is 326 g/mol. The minimum atomic E-state index is -0.424. The zero-order valence-electron chi connectivity index (χ0n) is 14.1. The van der Waals surface area contributed by atoms with Gasteiger partial charge in [-0.25, -0.2) is 4.39 Å². The van der Waals surface area contributed by atoms with Crippen LogP contribution in [0.2, 0.25) is 0 Å². The van der Waals surface area contributed by atoms with Crippen LogP contribution in [0.25, 0.3) is 0 Å². The molecule has 0 bridgehead atoms. The minimum Gasteiger partial charge on any atom is -0.352 e. The molecule has 1 saturated carbocycles. The van der Waals surface area contributed by atoms with Gasteiger partial charge >= 0.3 is 0 Å². The van der Waals surface area contributed by atoms with Crippen LogP contribution in [-0.4, -0.2) is 23.9 Å². The zero-order chi connectivity index (χ0) is 17.1. The zero-order valence-corrected chi connectivity index (χ0v) is 14.1. The van der Waals surface area contributed by atoms with Crippen LogP contribution in [0.15, 0.2) is 48.5 Å². The molecule has 0 radical (unpaired) electrons. The van der Waals surface area contributed by atoms with Gasteiger partial charge < -0.3 is 5.32 Å². The van der Waals surface area contributed by atoms with Crippen LogP contribution in [0.3, 0.4) is 0 Å². The SMILES string of the molecule is Cc1ccc(CN(C)[C@H](C(=O)NC2CC2)c2ccc(F)cc2)cc1. The van der Waals surface area contributed by atoms with Gasteiger partial charge in [-0.2, -0.15) is 0 Å². The second-order valence-electron chi connectivity index (χ2n) is 6.64. The number of carbonyl (C=O) groups is 1. The van der Waals surface area contributed by atoms with Gasteiger partial charge in [-0.05, 0) is 50.1 Å². The number of hydrogen-bond donors (Lipinski definition) is 1. The standard InChI is InChI=1S/C20H23FN2O/c1-14-3-5-15(6-4-14)13-23(2)19(20(24)22-18-11-12-18)16-7-9-17(21)10-8-16/h3-10,18-19H,11-13H2,1-2H3,(H,22,24)/t19-/m0/s1. The summed E-state index contributed by atoms with van der Waals surface area (Å²) in [5.41, 5.74) is 3.17. The Morgan fingerprint density at radius 2 is 1.79 bits per heavy atom. The Labute approximate surface area is 142 Å². The van der Waals surface area contributed by atoms with Crippen LogP contribution in [0.5, 0.6) is 0 Å². The van der Waals surface area contributed by atoms with E-state index in [2.05, 4.69) is 36.5 Å². The average Bonchev–Trinajstić information content (AvgIpc) is 3.36. The minimum absolute atomic E-state index is 0.0151. The van der Waals surface area contributed by atoms with Crippen LogP contribution in [0.1, 0.15) is 35.6 Å². The Bertz CT molecular complexity index is 693. The van der Waals surface area contributed by atoms with Crippen molar-refractivity contribution >= 4 is 5.91 Å². The maximum absolute atomic E-state index is 13.2. The molecule has 1 atom stereocenters.